The standard InChI is InChI=1S/C14H22N4O/c1-3-4-5-8-19-13-7-6-12(9-11(13)2)10-17-18-14(15)16/h6-7,9-10H,3-5,8H2,1-2H3,(H4,15,16,18). The van der Waals surface area contributed by atoms with Crippen LogP contribution >= 0.6 is 0 Å². The van der Waals surface area contributed by atoms with E-state index in [1.165, 1.54) is 12.8 Å². The quantitative estimate of drug-likeness (QED) is 0.342. The third kappa shape index (κ3) is 5.90. The molecule has 0 aliphatic carbocycles. The molecule has 0 saturated carbocycles. The number of guanidine groups is 1. The van der Waals surface area contributed by atoms with Crippen LogP contribution in [0.25, 0.3) is 0 Å². The first-order valence-corrected chi connectivity index (χ1v) is 6.49. The van der Waals surface area contributed by atoms with Gasteiger partial charge in [0.1, 0.15) is 5.75 Å². The van der Waals surface area contributed by atoms with Gasteiger partial charge in [-0.2, -0.15) is 5.10 Å². The van der Waals surface area contributed by atoms with Gasteiger partial charge in [-0.15, -0.1) is 5.10 Å². The molecule has 0 atom stereocenters. The van der Waals surface area contributed by atoms with Gasteiger partial charge in [-0.25, -0.2) is 0 Å². The predicted molar refractivity (Wildman–Crippen MR) is 79.6 cm³/mol. The summed E-state index contributed by atoms with van der Waals surface area (Å²) in [5.74, 6) is 0.860. The summed E-state index contributed by atoms with van der Waals surface area (Å²) in [5.41, 5.74) is 12.4. The Kier molecular flexibility index (Phi) is 6.43. The molecule has 5 heteroatoms. The molecule has 0 heterocycles. The van der Waals surface area contributed by atoms with Crippen LogP contribution in [0.3, 0.4) is 0 Å². The second kappa shape index (κ2) is 8.13. The summed E-state index contributed by atoms with van der Waals surface area (Å²) in [4.78, 5) is 0. The number of nitrogens with two attached hydrogens (primary N) is 2. The Bertz CT molecular complexity index is 451. The number of benzene rings is 1. The first-order chi connectivity index (χ1) is 9.13. The van der Waals surface area contributed by atoms with Crippen LogP contribution in [0.1, 0.15) is 37.3 Å². The molecule has 0 saturated heterocycles. The summed E-state index contributed by atoms with van der Waals surface area (Å²) in [7, 11) is 0. The lowest BCUT2D eigenvalue weighted by molar-refractivity contribution is 0.304. The van der Waals surface area contributed by atoms with Crippen molar-refractivity contribution in [2.24, 2.45) is 21.7 Å². The first-order valence-electron chi connectivity index (χ1n) is 6.49. The Labute approximate surface area is 114 Å². The average molecular weight is 262 g/mol. The third-order valence-electron chi connectivity index (χ3n) is 2.58. The summed E-state index contributed by atoms with van der Waals surface area (Å²) in [6.07, 6.45) is 5.09. The van der Waals surface area contributed by atoms with Gasteiger partial charge in [0.05, 0.1) is 12.8 Å². The van der Waals surface area contributed by atoms with Gasteiger partial charge in [-0.05, 0) is 42.7 Å². The number of aryl methyl sites for hydroxylation is 1. The maximum absolute atomic E-state index is 5.72. The summed E-state index contributed by atoms with van der Waals surface area (Å²) in [6.45, 7) is 4.94. The minimum Gasteiger partial charge on any atom is -0.493 e. The zero-order chi connectivity index (χ0) is 14.1. The fourth-order valence-electron chi connectivity index (χ4n) is 1.61. The third-order valence-corrected chi connectivity index (χ3v) is 2.58. The van der Waals surface area contributed by atoms with E-state index < -0.39 is 0 Å². The smallest absolute Gasteiger partial charge is 0.211 e. The van der Waals surface area contributed by atoms with Crippen LogP contribution in [-0.4, -0.2) is 18.8 Å². The van der Waals surface area contributed by atoms with E-state index in [9.17, 15) is 0 Å². The monoisotopic (exact) mass is 262 g/mol. The molecule has 0 bridgehead atoms. The van der Waals surface area contributed by atoms with E-state index in [0.717, 1.165) is 29.9 Å². The van der Waals surface area contributed by atoms with Crippen molar-refractivity contribution in [1.29, 1.82) is 0 Å². The number of hydrogen-bond donors (Lipinski definition) is 2. The first kappa shape index (κ1) is 15.0. The Morgan fingerprint density at radius 3 is 2.74 bits per heavy atom. The van der Waals surface area contributed by atoms with Gasteiger partial charge in [0, 0.05) is 0 Å². The van der Waals surface area contributed by atoms with Crippen molar-refractivity contribution in [3.8, 4) is 5.75 Å². The van der Waals surface area contributed by atoms with Gasteiger partial charge < -0.3 is 16.2 Å². The van der Waals surface area contributed by atoms with Crippen molar-refractivity contribution in [2.75, 3.05) is 6.61 Å². The molecule has 0 spiro atoms. The number of hydrogen-bond acceptors (Lipinski definition) is 3. The SMILES string of the molecule is CCCCCOc1ccc(C=NN=C(N)N)cc1C. The van der Waals surface area contributed by atoms with E-state index in [-0.39, 0.29) is 5.96 Å². The molecule has 1 aromatic rings. The zero-order valence-electron chi connectivity index (χ0n) is 11.6. The molecule has 0 fully saturated rings. The van der Waals surface area contributed by atoms with Crippen LogP contribution in [0.2, 0.25) is 0 Å². The highest BCUT2D eigenvalue weighted by Gasteiger charge is 2.00. The van der Waals surface area contributed by atoms with Crippen LogP contribution in [0.15, 0.2) is 28.4 Å². The number of rotatable bonds is 7. The lowest BCUT2D eigenvalue weighted by atomic mass is 10.1. The fraction of sp³-hybridized carbons (Fsp3) is 0.429. The molecular formula is C14H22N4O. The Hall–Kier alpha value is -2.04. The number of ether oxygens (including phenoxy) is 1. The molecule has 4 N–H and O–H groups in total. The van der Waals surface area contributed by atoms with E-state index in [1.54, 1.807) is 6.21 Å². The van der Waals surface area contributed by atoms with E-state index in [2.05, 4.69) is 17.1 Å². The van der Waals surface area contributed by atoms with Gasteiger partial charge in [0.25, 0.3) is 0 Å². The molecule has 19 heavy (non-hydrogen) atoms. The Morgan fingerprint density at radius 2 is 2.11 bits per heavy atom. The molecule has 0 unspecified atom stereocenters. The van der Waals surface area contributed by atoms with Crippen LogP contribution in [0.5, 0.6) is 5.75 Å². The molecule has 0 amide bonds. The highest BCUT2D eigenvalue weighted by Crippen LogP contribution is 2.18. The highest BCUT2D eigenvalue weighted by atomic mass is 16.5. The van der Waals surface area contributed by atoms with E-state index in [4.69, 9.17) is 16.2 Å². The van der Waals surface area contributed by atoms with Crippen LogP contribution < -0.4 is 16.2 Å². The van der Waals surface area contributed by atoms with Crippen molar-refractivity contribution in [3.05, 3.63) is 29.3 Å². The van der Waals surface area contributed by atoms with Crippen molar-refractivity contribution < 1.29 is 4.74 Å². The molecule has 0 aromatic heterocycles. The minimum atomic E-state index is -0.0520. The summed E-state index contributed by atoms with van der Waals surface area (Å²) < 4.78 is 5.72. The molecule has 0 aliphatic heterocycles. The summed E-state index contributed by atoms with van der Waals surface area (Å²) in [6, 6.07) is 5.85. The lowest BCUT2D eigenvalue weighted by Gasteiger charge is -2.09. The van der Waals surface area contributed by atoms with Crippen molar-refractivity contribution in [1.82, 2.24) is 0 Å². The predicted octanol–water partition coefficient (Wildman–Crippen LogP) is 2.17. The van der Waals surface area contributed by atoms with Crippen LogP contribution in [0.4, 0.5) is 0 Å². The van der Waals surface area contributed by atoms with E-state index in [1.807, 2.05) is 25.1 Å². The van der Waals surface area contributed by atoms with Crippen molar-refractivity contribution in [3.63, 3.8) is 0 Å². The van der Waals surface area contributed by atoms with E-state index >= 15 is 0 Å². The maximum Gasteiger partial charge on any atom is 0.211 e. The molecule has 1 aromatic carbocycles. The van der Waals surface area contributed by atoms with Gasteiger partial charge in [-0.3, -0.25) is 0 Å². The normalized spacial score (nSPS) is 10.6. The highest BCUT2D eigenvalue weighted by molar-refractivity contribution is 5.82. The largest absolute Gasteiger partial charge is 0.493 e. The molecular weight excluding hydrogens is 240 g/mol. The van der Waals surface area contributed by atoms with Gasteiger partial charge in [0.2, 0.25) is 5.96 Å². The second-order valence-electron chi connectivity index (χ2n) is 4.35. The molecule has 0 aliphatic rings. The molecule has 1 rings (SSSR count). The number of nitrogens with zero attached hydrogens (tertiary/aromatic N) is 2. The van der Waals surface area contributed by atoms with Crippen LogP contribution in [-0.2, 0) is 0 Å². The van der Waals surface area contributed by atoms with Gasteiger partial charge >= 0.3 is 0 Å². The van der Waals surface area contributed by atoms with Gasteiger partial charge in [-0.1, -0.05) is 19.8 Å². The Morgan fingerprint density at radius 1 is 1.32 bits per heavy atom. The van der Waals surface area contributed by atoms with Crippen molar-refractivity contribution >= 4 is 12.2 Å². The summed E-state index contributed by atoms with van der Waals surface area (Å²) in [5, 5.41) is 7.32. The van der Waals surface area contributed by atoms with Crippen LogP contribution in [0, 0.1) is 6.92 Å². The second-order valence-corrected chi connectivity index (χ2v) is 4.35. The zero-order valence-corrected chi connectivity index (χ0v) is 11.6. The topological polar surface area (TPSA) is 86.0 Å². The molecule has 104 valence electrons. The minimum absolute atomic E-state index is 0.0520. The summed E-state index contributed by atoms with van der Waals surface area (Å²) >= 11 is 0. The molecule has 5 nitrogen and oxygen atoms in total. The Balaban J connectivity index is 2.59. The lowest BCUT2D eigenvalue weighted by Crippen LogP contribution is -2.21. The van der Waals surface area contributed by atoms with Gasteiger partial charge in [0.15, 0.2) is 0 Å². The molecule has 0 radical (unpaired) electrons. The fourth-order valence-corrected chi connectivity index (χ4v) is 1.61. The average Bonchev–Trinajstić information content (AvgIpc) is 2.36. The maximum atomic E-state index is 5.72. The number of unbranched alkanes of at least 4 members (excludes halogenated alkanes) is 2. The van der Waals surface area contributed by atoms with Crippen molar-refractivity contribution in [2.45, 2.75) is 33.1 Å². The van der Waals surface area contributed by atoms with E-state index in [0.29, 0.717) is 0 Å².